The third-order valence-electron chi connectivity index (χ3n) is 18.5. The van der Waals surface area contributed by atoms with Crippen molar-refractivity contribution in [3.63, 3.8) is 0 Å². The molecule has 3 aliphatic rings. The highest BCUT2D eigenvalue weighted by Crippen LogP contribution is 2.26. The highest BCUT2D eigenvalue weighted by Gasteiger charge is 2.48. The standard InChI is InChI=1S/C76H138N10O34/c1-5-106-35-36-108-39-40-110-43-44-111-42-41-109-38-37-107-31-21-63(99)86-76(48-112-32-18-60(96)80-25-12-22-77-57(93)15-6-9-28-115-73-64(83-51(2)90)70(103)67(100)54(45-87)118-73,49-113-33-19-61(97)81-26-13-23-78-58(94)16-7-10-29-116-74-65(84-52(3)91)71(104)68(101)55(46-88)119-74)50-114-34-20-62(98)82-27-14-24-79-59(95)17-8-11-30-117-75-66(85-53(4)92)72(105)69(102)56(47-89)120-75/h54-56,64-75,87-89,100-105H,5-50H2,1-4H3,(H,77,93)(H,78,94)(H,79,95)(H,80,96)(H,81,97)(H,82,98)(H,83,90)(H,84,91)(H,85,92)(H,86,99)/t54-,55-,56?,64-,65-,66-,67+,68+,69+,70-,71-,72-,73-,74?,75-,76?/m1/s1. The van der Waals surface area contributed by atoms with Crippen LogP contribution in [0.2, 0.25) is 0 Å². The lowest BCUT2D eigenvalue weighted by Crippen LogP contribution is -2.64. The predicted molar refractivity (Wildman–Crippen MR) is 420 cm³/mol. The minimum atomic E-state index is -1.50. The molecule has 10 amide bonds. The number of rotatable bonds is 71. The molecule has 0 aromatic carbocycles. The number of carbonyl (C=O) groups is 10. The Kier molecular flexibility index (Phi) is 59.6. The molecule has 0 saturated carbocycles. The first-order valence-electron chi connectivity index (χ1n) is 41.4. The van der Waals surface area contributed by atoms with Crippen molar-refractivity contribution in [1.82, 2.24) is 53.2 Å². The van der Waals surface area contributed by atoms with Crippen LogP contribution in [0.1, 0.15) is 130 Å². The summed E-state index contributed by atoms with van der Waals surface area (Å²) in [4.78, 5) is 126. The van der Waals surface area contributed by atoms with Gasteiger partial charge >= 0.3 is 0 Å². The van der Waals surface area contributed by atoms with Crippen LogP contribution < -0.4 is 53.2 Å². The molecular weight excluding hydrogens is 1600 g/mol. The second kappa shape index (κ2) is 66.3. The maximum atomic E-state index is 13.9. The Morgan fingerprint density at radius 1 is 0.292 bits per heavy atom. The van der Waals surface area contributed by atoms with Crippen molar-refractivity contribution < 1.29 is 165 Å². The molecule has 3 heterocycles. The van der Waals surface area contributed by atoms with Crippen LogP contribution in [0.4, 0.5) is 0 Å². The minimum absolute atomic E-state index is 0.0367. The van der Waals surface area contributed by atoms with E-state index in [0.29, 0.717) is 111 Å². The van der Waals surface area contributed by atoms with Crippen LogP contribution in [0.25, 0.3) is 0 Å². The third kappa shape index (κ3) is 48.1. The van der Waals surface area contributed by atoms with Crippen molar-refractivity contribution in [2.45, 2.75) is 228 Å². The van der Waals surface area contributed by atoms with Gasteiger partial charge in [-0.15, -0.1) is 0 Å². The summed E-state index contributed by atoms with van der Waals surface area (Å²) in [6.07, 6.45) is -12.4. The summed E-state index contributed by atoms with van der Waals surface area (Å²) in [5.74, 6) is -3.98. The van der Waals surface area contributed by atoms with Gasteiger partial charge in [-0.3, -0.25) is 47.9 Å². The number of aliphatic hydroxyl groups excluding tert-OH is 9. The summed E-state index contributed by atoms with van der Waals surface area (Å²) >= 11 is 0. The van der Waals surface area contributed by atoms with Gasteiger partial charge in [-0.05, 0) is 64.7 Å². The van der Waals surface area contributed by atoms with Crippen LogP contribution in [0.5, 0.6) is 0 Å². The van der Waals surface area contributed by atoms with E-state index in [1.807, 2.05) is 6.92 Å². The van der Waals surface area contributed by atoms with E-state index in [1.165, 1.54) is 20.8 Å². The number of hydrogen-bond acceptors (Lipinski definition) is 34. The summed E-state index contributed by atoms with van der Waals surface area (Å²) in [6, 6.07) is -3.30. The molecular formula is C76H138N10O34. The Bertz CT molecular complexity index is 2590. The molecule has 3 fully saturated rings. The van der Waals surface area contributed by atoms with Gasteiger partial charge in [0.2, 0.25) is 59.1 Å². The number of carbonyl (C=O) groups excluding carboxylic acids is 10. The maximum Gasteiger partial charge on any atom is 0.222 e. The molecule has 0 bridgehead atoms. The topological polar surface area (TPSA) is 612 Å². The van der Waals surface area contributed by atoms with Crippen LogP contribution in [0.15, 0.2) is 0 Å². The van der Waals surface area contributed by atoms with E-state index >= 15 is 0 Å². The zero-order valence-corrected chi connectivity index (χ0v) is 69.9. The molecule has 3 aliphatic heterocycles. The van der Waals surface area contributed by atoms with Gasteiger partial charge in [0.1, 0.15) is 78.6 Å². The van der Waals surface area contributed by atoms with Gasteiger partial charge in [0, 0.05) is 131 Å². The highest BCUT2D eigenvalue weighted by atomic mass is 16.7. The number of hydrogen-bond donors (Lipinski definition) is 19. The van der Waals surface area contributed by atoms with Gasteiger partial charge in [0.25, 0.3) is 0 Å². The largest absolute Gasteiger partial charge is 0.394 e. The molecule has 44 heteroatoms. The molecule has 120 heavy (non-hydrogen) atoms. The van der Waals surface area contributed by atoms with E-state index in [2.05, 4.69) is 53.2 Å². The SMILES string of the molecule is CCOCCOCCOCCOCCOCCOCCC(=O)NC(COCCC(=O)NCCCNC(=O)CCCCOC1O[C@H](CO)[C@H](O)[C@H](O)[C@H]1NC(C)=O)(COCCC(=O)NCCCNC(=O)CCCCO[C@@H]1OC(CO)[C@H](O)[C@H](O)[C@H]1NC(C)=O)COCCC(=O)NCCCNC(=O)CCCCO[C@@H]1O[C@H](CO)[C@H](O)[C@H](O)[C@H]1NC(C)=O. The van der Waals surface area contributed by atoms with Gasteiger partial charge in [-0.1, -0.05) is 0 Å². The van der Waals surface area contributed by atoms with E-state index < -0.39 is 159 Å². The summed E-state index contributed by atoms with van der Waals surface area (Å²) in [5.41, 5.74) is -1.50. The van der Waals surface area contributed by atoms with Gasteiger partial charge in [-0.25, -0.2) is 0 Å². The number of amides is 10. The average molecular weight is 1740 g/mol. The number of nitrogens with one attached hydrogen (secondary N) is 10. The van der Waals surface area contributed by atoms with Crippen molar-refractivity contribution in [3.05, 3.63) is 0 Å². The van der Waals surface area contributed by atoms with E-state index in [0.717, 1.165) is 0 Å². The fourth-order valence-corrected chi connectivity index (χ4v) is 12.1. The summed E-state index contributed by atoms with van der Waals surface area (Å²) in [6.45, 7) is 8.00. The molecule has 696 valence electrons. The lowest BCUT2D eigenvalue weighted by Gasteiger charge is -2.42. The predicted octanol–water partition coefficient (Wildman–Crippen LogP) is -7.17. The molecule has 0 aliphatic carbocycles. The first kappa shape index (κ1) is 108. The van der Waals surface area contributed by atoms with Crippen molar-refractivity contribution in [1.29, 1.82) is 0 Å². The summed E-state index contributed by atoms with van der Waals surface area (Å²) in [7, 11) is 0. The molecule has 0 radical (unpaired) electrons. The van der Waals surface area contributed by atoms with E-state index in [1.54, 1.807) is 0 Å². The number of ether oxygens (including phenoxy) is 15. The highest BCUT2D eigenvalue weighted by molar-refractivity contribution is 5.79. The molecule has 0 aromatic rings. The molecule has 3 unspecified atom stereocenters. The maximum absolute atomic E-state index is 13.9. The average Bonchev–Trinajstić information content (AvgIpc) is 0.817. The van der Waals surface area contributed by atoms with Crippen molar-refractivity contribution in [2.24, 2.45) is 0 Å². The van der Waals surface area contributed by atoms with Crippen LogP contribution in [-0.2, 0) is 119 Å². The minimum Gasteiger partial charge on any atom is -0.394 e. The fourth-order valence-electron chi connectivity index (χ4n) is 12.1. The lowest BCUT2D eigenvalue weighted by molar-refractivity contribution is -0.270. The Balaban J connectivity index is 1.57. The third-order valence-corrected chi connectivity index (χ3v) is 18.5. The molecule has 3 rings (SSSR count). The van der Waals surface area contributed by atoms with Gasteiger partial charge in [0.15, 0.2) is 18.9 Å². The van der Waals surface area contributed by atoms with E-state index in [4.69, 9.17) is 71.1 Å². The molecule has 16 atom stereocenters. The second-order valence-electron chi connectivity index (χ2n) is 28.7. The quantitative estimate of drug-likeness (QED) is 0.0252. The molecule has 0 aromatic heterocycles. The van der Waals surface area contributed by atoms with E-state index in [9.17, 15) is 93.9 Å². The van der Waals surface area contributed by atoms with Gasteiger partial charge < -0.3 is 170 Å². The molecule has 19 N–H and O–H groups in total. The first-order chi connectivity index (χ1) is 57.8. The monoisotopic (exact) mass is 1730 g/mol. The smallest absolute Gasteiger partial charge is 0.222 e. The summed E-state index contributed by atoms with van der Waals surface area (Å²) < 4.78 is 85.1. The molecule has 0 spiro atoms. The van der Waals surface area contributed by atoms with Crippen molar-refractivity contribution in [3.8, 4) is 0 Å². The zero-order valence-electron chi connectivity index (χ0n) is 69.9. The van der Waals surface area contributed by atoms with Gasteiger partial charge in [-0.2, -0.15) is 0 Å². The van der Waals surface area contributed by atoms with E-state index in [-0.39, 0.29) is 188 Å². The van der Waals surface area contributed by atoms with Crippen molar-refractivity contribution in [2.75, 3.05) is 198 Å². The first-order valence-corrected chi connectivity index (χ1v) is 41.4. The Labute approximate surface area is 700 Å². The lowest BCUT2D eigenvalue weighted by atomic mass is 9.97. The normalized spacial score (nSPS) is 23.4. The zero-order chi connectivity index (χ0) is 88.1. The number of unbranched alkanes of at least 4 members (excludes halogenated alkanes) is 3. The van der Waals surface area contributed by atoms with Crippen molar-refractivity contribution >= 4 is 59.1 Å². The molecule has 44 nitrogen and oxygen atoms in total. The Morgan fingerprint density at radius 2 is 0.533 bits per heavy atom. The van der Waals surface area contributed by atoms with Crippen LogP contribution in [0.3, 0.4) is 0 Å². The fraction of sp³-hybridized carbons (Fsp3) is 0.868. The number of aliphatic hydroxyl groups is 9. The van der Waals surface area contributed by atoms with Crippen LogP contribution in [-0.4, -0.2) is 400 Å². The Morgan fingerprint density at radius 3 is 0.792 bits per heavy atom. The van der Waals surface area contributed by atoms with Crippen LogP contribution >= 0.6 is 0 Å². The Hall–Kier alpha value is -6.26. The van der Waals surface area contributed by atoms with Crippen LogP contribution in [0, 0.1) is 0 Å². The molecule has 3 saturated heterocycles. The van der Waals surface area contributed by atoms with Gasteiger partial charge in [0.05, 0.1) is 132 Å². The second-order valence-corrected chi connectivity index (χ2v) is 28.7. The summed E-state index contributed by atoms with van der Waals surface area (Å²) in [5, 5.41) is 118.